The zero-order chi connectivity index (χ0) is 18.4. The second-order valence-corrected chi connectivity index (χ2v) is 9.05. The Morgan fingerprint density at radius 3 is 2.64 bits per heavy atom. The highest BCUT2D eigenvalue weighted by atomic mass is 35.5. The normalized spacial score (nSPS) is 14.8. The summed E-state index contributed by atoms with van der Waals surface area (Å²) in [7, 11) is -3.82. The molecule has 1 aromatic carbocycles. The fourth-order valence-electron chi connectivity index (χ4n) is 2.77. The van der Waals surface area contributed by atoms with Gasteiger partial charge in [0.15, 0.2) is 5.82 Å². The van der Waals surface area contributed by atoms with Gasteiger partial charge in [-0.2, -0.15) is 4.80 Å². The summed E-state index contributed by atoms with van der Waals surface area (Å²) in [5, 5.41) is 17.9. The van der Waals surface area contributed by atoms with E-state index >= 15 is 0 Å². The monoisotopic (exact) mass is 384 g/mol. The number of primary sulfonamides is 1. The summed E-state index contributed by atoms with van der Waals surface area (Å²) in [4.78, 5) is 3.73. The van der Waals surface area contributed by atoms with E-state index in [9.17, 15) is 8.42 Å². The molecule has 0 fully saturated rings. The highest BCUT2D eigenvalue weighted by Gasteiger charge is 2.24. The number of benzene rings is 1. The first-order valence-corrected chi connectivity index (χ1v) is 9.88. The Balaban J connectivity index is 1.75. The van der Waals surface area contributed by atoms with Gasteiger partial charge in [0.25, 0.3) is 0 Å². The van der Waals surface area contributed by atoms with Gasteiger partial charge in [-0.1, -0.05) is 11.6 Å². The van der Waals surface area contributed by atoms with Gasteiger partial charge in [0.05, 0.1) is 10.6 Å². The van der Waals surface area contributed by atoms with E-state index in [1.54, 1.807) is 16.9 Å². The maximum absolute atomic E-state index is 11.6. The first-order chi connectivity index (χ1) is 11.6. The number of anilines is 1. The molecule has 0 aliphatic carbocycles. The Labute approximate surface area is 152 Å². The number of tetrazole rings is 1. The summed E-state index contributed by atoms with van der Waals surface area (Å²) in [5.41, 5.74) is 1.66. The van der Waals surface area contributed by atoms with Crippen molar-refractivity contribution < 1.29 is 8.42 Å². The van der Waals surface area contributed by atoms with Crippen molar-refractivity contribution in [1.82, 2.24) is 20.2 Å². The molecular weight excluding hydrogens is 364 g/mol. The van der Waals surface area contributed by atoms with Gasteiger partial charge in [0.2, 0.25) is 10.0 Å². The highest BCUT2D eigenvalue weighted by molar-refractivity contribution is 7.89. The number of rotatable bonds is 4. The van der Waals surface area contributed by atoms with Gasteiger partial charge >= 0.3 is 0 Å². The molecule has 0 saturated heterocycles. The SMILES string of the molecule is CC(C)(C)n1nnc(CCN2CCc3cc(S(N)(=O)=O)c(Cl)cc32)n1. The Kier molecular flexibility index (Phi) is 4.50. The average Bonchev–Trinajstić information content (AvgIpc) is 3.09. The summed E-state index contributed by atoms with van der Waals surface area (Å²) in [6, 6.07) is 3.24. The number of hydrogen-bond acceptors (Lipinski definition) is 6. The van der Waals surface area contributed by atoms with Crippen LogP contribution in [0.1, 0.15) is 32.2 Å². The van der Waals surface area contributed by atoms with E-state index in [4.69, 9.17) is 16.7 Å². The Morgan fingerprint density at radius 1 is 1.32 bits per heavy atom. The number of nitrogens with two attached hydrogens (primary N) is 1. The van der Waals surface area contributed by atoms with Crippen LogP contribution in [0.4, 0.5) is 5.69 Å². The molecule has 0 spiro atoms. The molecule has 2 heterocycles. The molecule has 2 aromatic rings. The smallest absolute Gasteiger partial charge is 0.239 e. The Hall–Kier alpha value is -1.71. The van der Waals surface area contributed by atoms with Gasteiger partial charge in [0.1, 0.15) is 4.90 Å². The molecular formula is C15H21ClN6O2S. The van der Waals surface area contributed by atoms with Crippen LogP contribution in [0.25, 0.3) is 0 Å². The summed E-state index contributed by atoms with van der Waals surface area (Å²) < 4.78 is 23.2. The Bertz CT molecular complexity index is 903. The van der Waals surface area contributed by atoms with Crippen LogP contribution in [-0.2, 0) is 28.4 Å². The molecule has 0 unspecified atom stereocenters. The Morgan fingerprint density at radius 2 is 2.04 bits per heavy atom. The van der Waals surface area contributed by atoms with Crippen molar-refractivity contribution in [1.29, 1.82) is 0 Å². The third-order valence-corrected chi connectivity index (χ3v) is 5.47. The molecule has 0 saturated carbocycles. The van der Waals surface area contributed by atoms with E-state index in [0.717, 1.165) is 24.2 Å². The van der Waals surface area contributed by atoms with Gasteiger partial charge in [-0.05, 0) is 50.1 Å². The van der Waals surface area contributed by atoms with Gasteiger partial charge in [-0.25, -0.2) is 13.6 Å². The van der Waals surface area contributed by atoms with E-state index in [0.29, 0.717) is 18.8 Å². The number of hydrogen-bond donors (Lipinski definition) is 1. The largest absolute Gasteiger partial charge is 0.370 e. The quantitative estimate of drug-likeness (QED) is 0.852. The highest BCUT2D eigenvalue weighted by Crippen LogP contribution is 2.34. The lowest BCUT2D eigenvalue weighted by Crippen LogP contribution is -2.25. The molecule has 0 atom stereocenters. The van der Waals surface area contributed by atoms with Crippen LogP contribution in [-0.4, -0.2) is 41.7 Å². The van der Waals surface area contributed by atoms with Crippen molar-refractivity contribution >= 4 is 27.3 Å². The van der Waals surface area contributed by atoms with Crippen LogP contribution < -0.4 is 10.0 Å². The number of halogens is 1. The van der Waals surface area contributed by atoms with Crippen molar-refractivity contribution in [2.24, 2.45) is 5.14 Å². The molecule has 1 aliphatic rings. The molecule has 10 heteroatoms. The summed E-state index contributed by atoms with van der Waals surface area (Å²) in [6.07, 6.45) is 1.39. The van der Waals surface area contributed by atoms with E-state index < -0.39 is 10.0 Å². The van der Waals surface area contributed by atoms with Gasteiger partial charge in [-0.3, -0.25) is 0 Å². The molecule has 1 aliphatic heterocycles. The molecule has 0 bridgehead atoms. The first kappa shape index (κ1) is 18.1. The molecule has 2 N–H and O–H groups in total. The number of fused-ring (bicyclic) bond motifs is 1. The predicted octanol–water partition coefficient (Wildman–Crippen LogP) is 1.33. The lowest BCUT2D eigenvalue weighted by molar-refractivity contribution is 0.305. The minimum absolute atomic E-state index is 0.0236. The fourth-order valence-corrected chi connectivity index (χ4v) is 3.89. The molecule has 0 radical (unpaired) electrons. The molecule has 1 aromatic heterocycles. The van der Waals surface area contributed by atoms with E-state index in [-0.39, 0.29) is 15.5 Å². The molecule has 25 heavy (non-hydrogen) atoms. The zero-order valence-corrected chi connectivity index (χ0v) is 16.0. The lowest BCUT2D eigenvalue weighted by Gasteiger charge is -2.19. The summed E-state index contributed by atoms with van der Waals surface area (Å²) >= 11 is 6.10. The third kappa shape index (κ3) is 3.78. The van der Waals surface area contributed by atoms with Crippen LogP contribution in [0.5, 0.6) is 0 Å². The summed E-state index contributed by atoms with van der Waals surface area (Å²) in [5.74, 6) is 0.677. The van der Waals surface area contributed by atoms with Crippen LogP contribution in [0, 0.1) is 0 Å². The number of aromatic nitrogens is 4. The van der Waals surface area contributed by atoms with Crippen LogP contribution in [0.2, 0.25) is 5.02 Å². The summed E-state index contributed by atoms with van der Waals surface area (Å²) in [6.45, 7) is 7.53. The molecule has 8 nitrogen and oxygen atoms in total. The first-order valence-electron chi connectivity index (χ1n) is 7.95. The standard InChI is InChI=1S/C15H21ClN6O2S/c1-15(2,3)22-19-14(18-20-22)5-7-21-6-4-10-8-13(25(17,23)24)11(16)9-12(10)21/h8-9H,4-7H2,1-3H3,(H2,17,23,24). The molecule has 136 valence electrons. The van der Waals surface area contributed by atoms with Gasteiger partial charge in [-0.15, -0.1) is 10.2 Å². The van der Waals surface area contributed by atoms with Crippen molar-refractivity contribution in [3.63, 3.8) is 0 Å². The van der Waals surface area contributed by atoms with Crippen LogP contribution in [0.3, 0.4) is 0 Å². The van der Waals surface area contributed by atoms with E-state index in [1.807, 2.05) is 20.8 Å². The van der Waals surface area contributed by atoms with Crippen molar-refractivity contribution in [2.75, 3.05) is 18.0 Å². The average molecular weight is 385 g/mol. The molecule has 0 amide bonds. The topological polar surface area (TPSA) is 107 Å². The minimum Gasteiger partial charge on any atom is -0.370 e. The third-order valence-electron chi connectivity index (χ3n) is 4.09. The van der Waals surface area contributed by atoms with E-state index in [2.05, 4.69) is 20.3 Å². The fraction of sp³-hybridized carbons (Fsp3) is 0.533. The predicted molar refractivity (Wildman–Crippen MR) is 95.3 cm³/mol. The lowest BCUT2D eigenvalue weighted by atomic mass is 10.1. The number of sulfonamides is 1. The zero-order valence-electron chi connectivity index (χ0n) is 14.4. The maximum Gasteiger partial charge on any atom is 0.239 e. The van der Waals surface area contributed by atoms with Crippen molar-refractivity contribution in [3.8, 4) is 0 Å². The second kappa shape index (κ2) is 6.22. The number of nitrogens with zero attached hydrogens (tertiary/aromatic N) is 5. The van der Waals surface area contributed by atoms with Crippen molar-refractivity contribution in [2.45, 2.75) is 44.0 Å². The minimum atomic E-state index is -3.82. The maximum atomic E-state index is 11.6. The second-order valence-electron chi connectivity index (χ2n) is 7.11. The van der Waals surface area contributed by atoms with E-state index in [1.165, 1.54) is 0 Å². The van der Waals surface area contributed by atoms with Crippen molar-refractivity contribution in [3.05, 3.63) is 28.5 Å². The molecule has 3 rings (SSSR count). The van der Waals surface area contributed by atoms with Crippen LogP contribution >= 0.6 is 11.6 Å². The van der Waals surface area contributed by atoms with Gasteiger partial charge in [0, 0.05) is 25.2 Å². The van der Waals surface area contributed by atoms with Gasteiger partial charge < -0.3 is 4.90 Å². The van der Waals surface area contributed by atoms with Crippen LogP contribution in [0.15, 0.2) is 17.0 Å².